The number of aromatic nitrogens is 2. The van der Waals surface area contributed by atoms with Crippen molar-refractivity contribution in [2.45, 2.75) is 64.5 Å². The molecule has 0 amide bonds. The van der Waals surface area contributed by atoms with Crippen LogP contribution in [0.1, 0.15) is 63.4 Å². The summed E-state index contributed by atoms with van der Waals surface area (Å²) in [6, 6.07) is 14.5. The van der Waals surface area contributed by atoms with E-state index in [9.17, 15) is 9.90 Å². The Labute approximate surface area is 194 Å². The number of benzene rings is 2. The first-order valence-corrected chi connectivity index (χ1v) is 12.0. The minimum atomic E-state index is -0.701. The molecule has 6 heteroatoms. The lowest BCUT2D eigenvalue weighted by atomic mass is 9.85. The summed E-state index contributed by atoms with van der Waals surface area (Å²) in [4.78, 5) is 16.9. The molecule has 33 heavy (non-hydrogen) atoms. The van der Waals surface area contributed by atoms with E-state index in [0.29, 0.717) is 18.2 Å². The van der Waals surface area contributed by atoms with Crippen LogP contribution in [0.4, 0.5) is 5.69 Å². The summed E-state index contributed by atoms with van der Waals surface area (Å²) in [5.41, 5.74) is 4.45. The van der Waals surface area contributed by atoms with Gasteiger partial charge in [0.05, 0.1) is 17.0 Å². The van der Waals surface area contributed by atoms with Gasteiger partial charge in [0.15, 0.2) is 11.6 Å². The highest BCUT2D eigenvalue weighted by Crippen LogP contribution is 2.40. The first-order valence-electron chi connectivity index (χ1n) is 12.0. The summed E-state index contributed by atoms with van der Waals surface area (Å²) in [6.07, 6.45) is 7.19. The highest BCUT2D eigenvalue weighted by molar-refractivity contribution is 5.88. The highest BCUT2D eigenvalue weighted by Gasteiger charge is 2.32. The number of aryl methyl sites for hydroxylation is 1. The van der Waals surface area contributed by atoms with Crippen LogP contribution >= 0.6 is 0 Å². The van der Waals surface area contributed by atoms with Crippen LogP contribution in [0.15, 0.2) is 48.5 Å². The van der Waals surface area contributed by atoms with E-state index in [2.05, 4.69) is 28.9 Å². The number of allylic oxidation sites excluding steroid dienone is 1. The third-order valence-electron chi connectivity index (χ3n) is 7.01. The van der Waals surface area contributed by atoms with Crippen LogP contribution in [-0.4, -0.2) is 26.7 Å². The van der Waals surface area contributed by atoms with Gasteiger partial charge in [0, 0.05) is 23.3 Å². The molecule has 3 aromatic rings. The molecule has 1 aromatic heterocycles. The number of nitrogens with zero attached hydrogens (tertiary/aromatic N) is 2. The van der Waals surface area contributed by atoms with Crippen molar-refractivity contribution in [2.75, 3.05) is 5.32 Å². The number of hydrogen-bond donors (Lipinski definition) is 2. The first kappa shape index (κ1) is 21.6. The number of fused-ring (bicyclic) bond motifs is 3. The monoisotopic (exact) mass is 445 g/mol. The maximum absolute atomic E-state index is 11.8. The van der Waals surface area contributed by atoms with E-state index in [1.165, 1.54) is 5.56 Å². The zero-order chi connectivity index (χ0) is 22.9. The van der Waals surface area contributed by atoms with Crippen molar-refractivity contribution in [3.63, 3.8) is 0 Å². The molecule has 1 saturated carbocycles. The Hall–Kier alpha value is -3.28. The van der Waals surface area contributed by atoms with Crippen molar-refractivity contribution in [3.05, 3.63) is 59.9 Å². The van der Waals surface area contributed by atoms with Gasteiger partial charge in [0.1, 0.15) is 5.75 Å². The molecule has 1 aliphatic heterocycles. The predicted octanol–water partition coefficient (Wildman–Crippen LogP) is 6.04. The molecule has 0 unspecified atom stereocenters. The summed E-state index contributed by atoms with van der Waals surface area (Å²) < 4.78 is 8.54. The fourth-order valence-electron chi connectivity index (χ4n) is 5.32. The highest BCUT2D eigenvalue weighted by atomic mass is 16.5. The van der Waals surface area contributed by atoms with Crippen LogP contribution in [0.2, 0.25) is 0 Å². The van der Waals surface area contributed by atoms with E-state index in [1.54, 1.807) is 0 Å². The number of anilines is 1. The van der Waals surface area contributed by atoms with E-state index >= 15 is 0 Å². The summed E-state index contributed by atoms with van der Waals surface area (Å²) >= 11 is 0. The van der Waals surface area contributed by atoms with Crippen LogP contribution in [0.5, 0.6) is 5.75 Å². The molecule has 2 heterocycles. The van der Waals surface area contributed by atoms with Gasteiger partial charge in [-0.2, -0.15) is 0 Å². The van der Waals surface area contributed by atoms with E-state index in [4.69, 9.17) is 9.72 Å². The molecule has 2 aromatic carbocycles. The molecule has 5 rings (SSSR count). The second-order valence-corrected chi connectivity index (χ2v) is 9.27. The largest absolute Gasteiger partial charge is 0.481 e. The van der Waals surface area contributed by atoms with E-state index in [1.807, 2.05) is 43.3 Å². The molecule has 1 fully saturated rings. The number of rotatable bonds is 5. The molecular weight excluding hydrogens is 414 g/mol. The second kappa shape index (κ2) is 8.93. The van der Waals surface area contributed by atoms with E-state index in [-0.39, 0.29) is 12.0 Å². The lowest BCUT2D eigenvalue weighted by Crippen LogP contribution is -2.26. The number of ether oxygens (including phenoxy) is 1. The molecule has 6 nitrogen and oxygen atoms in total. The molecule has 172 valence electrons. The molecule has 2 N–H and O–H groups in total. The van der Waals surface area contributed by atoms with Crippen molar-refractivity contribution < 1.29 is 14.6 Å². The average molecular weight is 446 g/mol. The van der Waals surface area contributed by atoms with E-state index < -0.39 is 5.97 Å². The fourth-order valence-corrected chi connectivity index (χ4v) is 5.32. The number of carbonyl (C=O) groups is 1. The number of nitrogens with one attached hydrogen (secondary N) is 1. The molecule has 3 atom stereocenters. The molecule has 0 saturated heterocycles. The quantitative estimate of drug-likeness (QED) is 0.468. The maximum Gasteiger partial charge on any atom is 0.306 e. The summed E-state index contributed by atoms with van der Waals surface area (Å²) in [5, 5.41) is 13.3. The molecule has 0 spiro atoms. The minimum Gasteiger partial charge on any atom is -0.481 e. The second-order valence-electron chi connectivity index (χ2n) is 9.27. The molecule has 0 bridgehead atoms. The standard InChI is InChI=1S/C27H31N3O3/c1-3-24(33-20-10-5-4-6-11-20)26-29-25-21-13-12-17(2)28-22(21)14-15-23(25)30(26)19-9-7-8-18(16-19)27(31)32/h3-6,10-11,14-15,17-19,28H,7-9,12-13,16H2,1-2H3,(H,31,32)/b24-3-/t17-,18+,19+/m0/s1. The SMILES string of the molecule is C/C=C(\Oc1ccccc1)c1nc2c3c(ccc2n1[C@@H]1CCC[C@@H](C(=O)O)C1)N[C@@H](C)CC3. The van der Waals surface area contributed by atoms with Crippen molar-refractivity contribution >= 4 is 28.4 Å². The Morgan fingerprint density at radius 1 is 1.18 bits per heavy atom. The summed E-state index contributed by atoms with van der Waals surface area (Å²) in [5.74, 6) is 1.21. The van der Waals surface area contributed by atoms with Crippen LogP contribution in [0, 0.1) is 5.92 Å². The van der Waals surface area contributed by atoms with Crippen molar-refractivity contribution in [1.82, 2.24) is 9.55 Å². The predicted molar refractivity (Wildman–Crippen MR) is 130 cm³/mol. The molecular formula is C27H31N3O3. The van der Waals surface area contributed by atoms with Crippen molar-refractivity contribution in [2.24, 2.45) is 5.92 Å². The summed E-state index contributed by atoms with van der Waals surface area (Å²) in [7, 11) is 0. The number of aliphatic carboxylic acids is 1. The topological polar surface area (TPSA) is 76.4 Å². The van der Waals surface area contributed by atoms with Gasteiger partial charge in [0.25, 0.3) is 0 Å². The van der Waals surface area contributed by atoms with Gasteiger partial charge >= 0.3 is 5.97 Å². The first-order chi connectivity index (χ1) is 16.0. The molecule has 0 radical (unpaired) electrons. The van der Waals surface area contributed by atoms with Gasteiger partial charge in [-0.15, -0.1) is 0 Å². The van der Waals surface area contributed by atoms with Crippen LogP contribution < -0.4 is 10.1 Å². The van der Waals surface area contributed by atoms with Gasteiger partial charge in [-0.1, -0.05) is 24.6 Å². The Bertz CT molecular complexity index is 1200. The van der Waals surface area contributed by atoms with Crippen LogP contribution in [0.3, 0.4) is 0 Å². The lowest BCUT2D eigenvalue weighted by Gasteiger charge is -2.30. The van der Waals surface area contributed by atoms with Gasteiger partial charge in [-0.25, -0.2) is 4.98 Å². The minimum absolute atomic E-state index is 0.0719. The number of carboxylic acid groups (broad SMARTS) is 1. The maximum atomic E-state index is 11.8. The number of imidazole rings is 1. The lowest BCUT2D eigenvalue weighted by molar-refractivity contribution is -0.143. The van der Waals surface area contributed by atoms with Gasteiger partial charge in [0.2, 0.25) is 0 Å². The summed E-state index contributed by atoms with van der Waals surface area (Å²) in [6.45, 7) is 4.17. The Morgan fingerprint density at radius 3 is 2.76 bits per heavy atom. The normalized spacial score (nSPS) is 23.1. The number of carboxylic acids is 1. The van der Waals surface area contributed by atoms with Crippen LogP contribution in [-0.2, 0) is 11.2 Å². The zero-order valence-corrected chi connectivity index (χ0v) is 19.3. The number of hydrogen-bond acceptors (Lipinski definition) is 4. The molecule has 2 aliphatic rings. The van der Waals surface area contributed by atoms with Crippen LogP contribution in [0.25, 0.3) is 16.8 Å². The average Bonchev–Trinajstić information content (AvgIpc) is 3.22. The zero-order valence-electron chi connectivity index (χ0n) is 19.3. The van der Waals surface area contributed by atoms with Gasteiger partial charge in [-0.05, 0) is 76.3 Å². The smallest absolute Gasteiger partial charge is 0.306 e. The fraction of sp³-hybridized carbons (Fsp3) is 0.407. The van der Waals surface area contributed by atoms with Gasteiger partial charge < -0.3 is 19.7 Å². The Morgan fingerprint density at radius 2 is 2.00 bits per heavy atom. The third-order valence-corrected chi connectivity index (χ3v) is 7.01. The van der Waals surface area contributed by atoms with Crippen molar-refractivity contribution in [1.29, 1.82) is 0 Å². The Balaban J connectivity index is 1.65. The molecule has 1 aliphatic carbocycles. The van der Waals surface area contributed by atoms with Crippen molar-refractivity contribution in [3.8, 4) is 5.75 Å². The van der Waals surface area contributed by atoms with Gasteiger partial charge in [-0.3, -0.25) is 4.79 Å². The van der Waals surface area contributed by atoms with E-state index in [0.717, 1.165) is 60.4 Å². The number of para-hydroxylation sites is 1. The Kier molecular flexibility index (Phi) is 5.83. The third kappa shape index (κ3) is 4.10.